The number of rotatable bonds is 3. The fourth-order valence-corrected chi connectivity index (χ4v) is 0.863. The van der Waals surface area contributed by atoms with E-state index in [2.05, 4.69) is 17.2 Å². The molecule has 11 heavy (non-hydrogen) atoms. The van der Waals surface area contributed by atoms with Crippen LogP contribution < -0.4 is 5.32 Å². The maximum Gasteiger partial charge on any atom is 0.223 e. The maximum atomic E-state index is 11.0. The number of nitrogens with one attached hydrogen (secondary N) is 1. The van der Waals surface area contributed by atoms with E-state index in [1.807, 2.05) is 6.92 Å². The summed E-state index contributed by atoms with van der Waals surface area (Å²) in [5.74, 6) is 6.22. The van der Waals surface area contributed by atoms with Gasteiger partial charge >= 0.3 is 0 Å². The topological polar surface area (TPSA) is 29.1 Å². The molecule has 0 heterocycles. The molecule has 1 fully saturated rings. The zero-order valence-electron chi connectivity index (χ0n) is 6.81. The Kier molecular flexibility index (Phi) is 2.97. The van der Waals surface area contributed by atoms with Crippen molar-refractivity contribution in [3.63, 3.8) is 0 Å². The summed E-state index contributed by atoms with van der Waals surface area (Å²) in [7, 11) is 0. The van der Waals surface area contributed by atoms with Crippen molar-refractivity contribution in [2.45, 2.75) is 26.2 Å². The standard InChI is InChI=1S/C9H13NO/c1-2-3-4-7-10-9(11)8-5-6-8/h8H,4-7H2,1H3,(H,10,11). The van der Waals surface area contributed by atoms with E-state index in [-0.39, 0.29) is 5.91 Å². The highest BCUT2D eigenvalue weighted by atomic mass is 16.2. The van der Waals surface area contributed by atoms with Crippen molar-refractivity contribution in [2.24, 2.45) is 5.92 Å². The minimum atomic E-state index is 0.211. The lowest BCUT2D eigenvalue weighted by molar-refractivity contribution is -0.122. The van der Waals surface area contributed by atoms with Gasteiger partial charge in [-0.1, -0.05) is 0 Å². The molecule has 0 atom stereocenters. The maximum absolute atomic E-state index is 11.0. The number of hydrogen-bond acceptors (Lipinski definition) is 1. The summed E-state index contributed by atoms with van der Waals surface area (Å²) >= 11 is 0. The molecule has 0 bridgehead atoms. The third-order valence-corrected chi connectivity index (χ3v) is 1.67. The van der Waals surface area contributed by atoms with Crippen molar-refractivity contribution in [3.05, 3.63) is 0 Å². The van der Waals surface area contributed by atoms with Crippen LogP contribution in [0.1, 0.15) is 26.2 Å². The van der Waals surface area contributed by atoms with E-state index in [0.717, 1.165) is 19.3 Å². The van der Waals surface area contributed by atoms with Gasteiger partial charge in [0.1, 0.15) is 0 Å². The molecule has 60 valence electrons. The van der Waals surface area contributed by atoms with Gasteiger partial charge in [0.15, 0.2) is 0 Å². The zero-order chi connectivity index (χ0) is 8.10. The van der Waals surface area contributed by atoms with Gasteiger partial charge in [0, 0.05) is 18.9 Å². The Bertz CT molecular complexity index is 195. The Morgan fingerprint density at radius 3 is 2.91 bits per heavy atom. The van der Waals surface area contributed by atoms with Crippen molar-refractivity contribution >= 4 is 5.91 Å². The van der Waals surface area contributed by atoms with E-state index >= 15 is 0 Å². The molecule has 0 aromatic carbocycles. The molecule has 0 spiro atoms. The molecular weight excluding hydrogens is 138 g/mol. The molecule has 0 aromatic heterocycles. The second-order valence-electron chi connectivity index (χ2n) is 2.74. The Morgan fingerprint density at radius 1 is 1.64 bits per heavy atom. The van der Waals surface area contributed by atoms with E-state index in [4.69, 9.17) is 0 Å². The van der Waals surface area contributed by atoms with E-state index in [1.165, 1.54) is 0 Å². The molecule has 0 saturated heterocycles. The van der Waals surface area contributed by atoms with Crippen LogP contribution in [0.2, 0.25) is 0 Å². The minimum Gasteiger partial charge on any atom is -0.355 e. The van der Waals surface area contributed by atoms with E-state index in [1.54, 1.807) is 0 Å². The normalized spacial score (nSPS) is 15.0. The van der Waals surface area contributed by atoms with Crippen LogP contribution in [0.5, 0.6) is 0 Å². The first-order valence-corrected chi connectivity index (χ1v) is 4.02. The molecule has 2 nitrogen and oxygen atoms in total. The number of amides is 1. The molecule has 0 unspecified atom stereocenters. The molecule has 0 aromatic rings. The summed E-state index contributed by atoms with van der Waals surface area (Å²) in [4.78, 5) is 11.0. The average Bonchev–Trinajstić information content (AvgIpc) is 2.79. The van der Waals surface area contributed by atoms with Gasteiger partial charge in [-0.15, -0.1) is 11.8 Å². The summed E-state index contributed by atoms with van der Waals surface area (Å²) < 4.78 is 0. The minimum absolute atomic E-state index is 0.211. The highest BCUT2D eigenvalue weighted by Gasteiger charge is 2.28. The first kappa shape index (κ1) is 8.13. The van der Waals surface area contributed by atoms with Crippen molar-refractivity contribution < 1.29 is 4.79 Å². The Morgan fingerprint density at radius 2 is 2.36 bits per heavy atom. The van der Waals surface area contributed by atoms with E-state index < -0.39 is 0 Å². The lowest BCUT2D eigenvalue weighted by Gasteiger charge is -1.98. The molecule has 1 rings (SSSR count). The van der Waals surface area contributed by atoms with Crippen molar-refractivity contribution in [1.29, 1.82) is 0 Å². The van der Waals surface area contributed by atoms with Crippen LogP contribution >= 0.6 is 0 Å². The molecule has 1 aliphatic carbocycles. The lowest BCUT2D eigenvalue weighted by atomic mass is 10.3. The van der Waals surface area contributed by atoms with Crippen LogP contribution in [0, 0.1) is 17.8 Å². The molecule has 2 heteroatoms. The molecule has 1 N–H and O–H groups in total. The van der Waals surface area contributed by atoms with Crippen molar-refractivity contribution in [1.82, 2.24) is 5.32 Å². The zero-order valence-corrected chi connectivity index (χ0v) is 6.81. The van der Waals surface area contributed by atoms with Gasteiger partial charge in [-0.3, -0.25) is 4.79 Å². The quantitative estimate of drug-likeness (QED) is 0.472. The van der Waals surface area contributed by atoms with Crippen LogP contribution in [0.25, 0.3) is 0 Å². The predicted octanol–water partition coefficient (Wildman–Crippen LogP) is 0.926. The van der Waals surface area contributed by atoms with Crippen LogP contribution in [0.3, 0.4) is 0 Å². The van der Waals surface area contributed by atoms with Crippen LogP contribution in [-0.4, -0.2) is 12.5 Å². The summed E-state index contributed by atoms with van der Waals surface area (Å²) in [6.45, 7) is 2.51. The van der Waals surface area contributed by atoms with E-state index in [9.17, 15) is 4.79 Å². The van der Waals surface area contributed by atoms with Crippen LogP contribution in [0.4, 0.5) is 0 Å². The SMILES string of the molecule is CC#CCCNC(=O)C1CC1. The van der Waals surface area contributed by atoms with Gasteiger partial charge in [-0.2, -0.15) is 0 Å². The lowest BCUT2D eigenvalue weighted by Crippen LogP contribution is -2.25. The summed E-state index contributed by atoms with van der Waals surface area (Å²) in [6, 6.07) is 0. The Balaban J connectivity index is 2.00. The van der Waals surface area contributed by atoms with Gasteiger partial charge < -0.3 is 5.32 Å². The van der Waals surface area contributed by atoms with Crippen molar-refractivity contribution in [3.8, 4) is 11.8 Å². The summed E-state index contributed by atoms with van der Waals surface area (Å²) in [5, 5.41) is 2.84. The fourth-order valence-electron chi connectivity index (χ4n) is 0.863. The first-order chi connectivity index (χ1) is 5.34. The molecule has 0 radical (unpaired) electrons. The first-order valence-electron chi connectivity index (χ1n) is 4.02. The van der Waals surface area contributed by atoms with Crippen molar-refractivity contribution in [2.75, 3.05) is 6.54 Å². The predicted molar refractivity (Wildman–Crippen MR) is 43.8 cm³/mol. The third kappa shape index (κ3) is 3.08. The molecule has 1 amide bonds. The third-order valence-electron chi connectivity index (χ3n) is 1.67. The number of carbonyl (C=O) groups is 1. The van der Waals surface area contributed by atoms with Gasteiger partial charge in [0.25, 0.3) is 0 Å². The van der Waals surface area contributed by atoms with Crippen LogP contribution in [0.15, 0.2) is 0 Å². The Hall–Kier alpha value is -0.970. The molecule has 1 saturated carbocycles. The second-order valence-corrected chi connectivity index (χ2v) is 2.74. The summed E-state index contributed by atoms with van der Waals surface area (Å²) in [6.07, 6.45) is 2.92. The van der Waals surface area contributed by atoms with Gasteiger partial charge in [0.2, 0.25) is 5.91 Å². The number of hydrogen-bond donors (Lipinski definition) is 1. The largest absolute Gasteiger partial charge is 0.355 e. The monoisotopic (exact) mass is 151 g/mol. The highest BCUT2D eigenvalue weighted by molar-refractivity contribution is 5.80. The summed E-state index contributed by atoms with van der Waals surface area (Å²) in [5.41, 5.74) is 0. The highest BCUT2D eigenvalue weighted by Crippen LogP contribution is 2.28. The molecule has 0 aliphatic heterocycles. The van der Waals surface area contributed by atoms with Gasteiger partial charge in [0.05, 0.1) is 0 Å². The molecule has 1 aliphatic rings. The molecular formula is C9H13NO. The van der Waals surface area contributed by atoms with E-state index in [0.29, 0.717) is 12.5 Å². The number of carbonyl (C=O) groups excluding carboxylic acids is 1. The Labute approximate surface area is 67.4 Å². The van der Waals surface area contributed by atoms with Gasteiger partial charge in [-0.05, 0) is 19.8 Å². The van der Waals surface area contributed by atoms with Gasteiger partial charge in [-0.25, -0.2) is 0 Å². The van der Waals surface area contributed by atoms with Crippen LogP contribution in [-0.2, 0) is 4.79 Å². The smallest absolute Gasteiger partial charge is 0.223 e. The fraction of sp³-hybridized carbons (Fsp3) is 0.667. The second kappa shape index (κ2) is 4.02. The average molecular weight is 151 g/mol.